The van der Waals surface area contributed by atoms with Crippen molar-refractivity contribution < 1.29 is 9.53 Å². The summed E-state index contributed by atoms with van der Waals surface area (Å²) in [5.41, 5.74) is 3.76. The summed E-state index contributed by atoms with van der Waals surface area (Å²) in [6.07, 6.45) is 6.38. The Morgan fingerprint density at radius 1 is 1.38 bits per heavy atom. The van der Waals surface area contributed by atoms with Gasteiger partial charge in [0.25, 0.3) is 5.91 Å². The smallest absolute Gasteiger partial charge is 0.255 e. The summed E-state index contributed by atoms with van der Waals surface area (Å²) >= 11 is 0. The number of carbonyl (C=O) groups is 1. The predicted octanol–water partition coefficient (Wildman–Crippen LogP) is 2.07. The number of amides is 1. The van der Waals surface area contributed by atoms with E-state index in [0.29, 0.717) is 31.1 Å². The van der Waals surface area contributed by atoms with E-state index in [1.54, 1.807) is 7.11 Å². The fourth-order valence-corrected chi connectivity index (χ4v) is 3.08. The first kappa shape index (κ1) is 14.8. The van der Waals surface area contributed by atoms with E-state index in [9.17, 15) is 4.79 Å². The summed E-state index contributed by atoms with van der Waals surface area (Å²) in [6, 6.07) is 7.84. The number of fused-ring (bicyclic) bond motifs is 2. The van der Waals surface area contributed by atoms with Crippen LogP contribution in [0.4, 0.5) is 0 Å². The lowest BCUT2D eigenvalue weighted by atomic mass is 10.1. The van der Waals surface area contributed by atoms with Crippen LogP contribution in [0.5, 0.6) is 0 Å². The minimum Gasteiger partial charge on any atom is -0.377 e. The Kier molecular flexibility index (Phi) is 3.74. The summed E-state index contributed by atoms with van der Waals surface area (Å²) in [5, 5.41) is 0. The summed E-state index contributed by atoms with van der Waals surface area (Å²) < 4.78 is 7.04. The molecule has 3 aromatic heterocycles. The van der Waals surface area contributed by atoms with Gasteiger partial charge in [-0.05, 0) is 18.2 Å². The topological polar surface area (TPSA) is 59.7 Å². The molecule has 4 heterocycles. The van der Waals surface area contributed by atoms with Gasteiger partial charge in [-0.1, -0.05) is 6.07 Å². The molecule has 6 heteroatoms. The van der Waals surface area contributed by atoms with Crippen LogP contribution in [0.25, 0.3) is 5.52 Å². The third-order valence-electron chi connectivity index (χ3n) is 4.30. The van der Waals surface area contributed by atoms with Crippen LogP contribution >= 0.6 is 0 Å². The molecule has 4 rings (SSSR count). The van der Waals surface area contributed by atoms with Crippen LogP contribution in [-0.2, 0) is 24.3 Å². The molecule has 0 radical (unpaired) electrons. The van der Waals surface area contributed by atoms with Gasteiger partial charge in [-0.15, -0.1) is 0 Å². The Labute approximate surface area is 139 Å². The van der Waals surface area contributed by atoms with Gasteiger partial charge >= 0.3 is 0 Å². The lowest BCUT2D eigenvalue weighted by Gasteiger charge is -2.28. The zero-order valence-electron chi connectivity index (χ0n) is 13.5. The van der Waals surface area contributed by atoms with E-state index in [2.05, 4.69) is 9.97 Å². The van der Waals surface area contributed by atoms with Crippen LogP contribution in [-0.4, -0.2) is 38.8 Å². The molecule has 0 fully saturated rings. The molecule has 0 aromatic carbocycles. The maximum atomic E-state index is 12.8. The molecular weight excluding hydrogens is 304 g/mol. The zero-order chi connectivity index (χ0) is 16.5. The van der Waals surface area contributed by atoms with Crippen LogP contribution in [0.1, 0.15) is 27.4 Å². The third kappa shape index (κ3) is 2.65. The molecule has 0 N–H and O–H groups in total. The highest BCUT2D eigenvalue weighted by molar-refractivity contribution is 5.95. The van der Waals surface area contributed by atoms with Gasteiger partial charge in [0.05, 0.1) is 11.3 Å². The first-order valence-electron chi connectivity index (χ1n) is 7.93. The fourth-order valence-electron chi connectivity index (χ4n) is 3.08. The molecule has 1 aliphatic rings. The van der Waals surface area contributed by atoms with E-state index in [1.165, 1.54) is 0 Å². The summed E-state index contributed by atoms with van der Waals surface area (Å²) in [4.78, 5) is 23.5. The van der Waals surface area contributed by atoms with Crippen molar-refractivity contribution in [3.63, 3.8) is 0 Å². The molecule has 1 amide bonds. The van der Waals surface area contributed by atoms with E-state index in [-0.39, 0.29) is 5.91 Å². The average Bonchev–Trinajstić information content (AvgIpc) is 3.05. The molecule has 1 aliphatic heterocycles. The van der Waals surface area contributed by atoms with Crippen molar-refractivity contribution in [1.82, 2.24) is 19.3 Å². The molecule has 0 unspecified atom stereocenters. The lowest BCUT2D eigenvalue weighted by Crippen LogP contribution is -2.36. The van der Waals surface area contributed by atoms with Crippen molar-refractivity contribution in [3.8, 4) is 0 Å². The van der Waals surface area contributed by atoms with Gasteiger partial charge in [0, 0.05) is 56.3 Å². The molecule has 3 aromatic rings. The van der Waals surface area contributed by atoms with Crippen LogP contribution in [0, 0.1) is 0 Å². The number of ether oxygens (including phenoxy) is 1. The monoisotopic (exact) mass is 322 g/mol. The molecule has 0 atom stereocenters. The Balaban J connectivity index is 1.56. The molecule has 0 saturated carbocycles. The van der Waals surface area contributed by atoms with E-state index in [4.69, 9.17) is 4.74 Å². The maximum absolute atomic E-state index is 12.8. The van der Waals surface area contributed by atoms with Gasteiger partial charge in [-0.2, -0.15) is 0 Å². The Bertz CT molecular complexity index is 870. The van der Waals surface area contributed by atoms with Gasteiger partial charge < -0.3 is 14.0 Å². The van der Waals surface area contributed by atoms with E-state index in [0.717, 1.165) is 23.2 Å². The molecule has 0 spiro atoms. The van der Waals surface area contributed by atoms with E-state index >= 15 is 0 Å². The molecule has 24 heavy (non-hydrogen) atoms. The Morgan fingerprint density at radius 3 is 3.12 bits per heavy atom. The lowest BCUT2D eigenvalue weighted by molar-refractivity contribution is 0.0733. The largest absolute Gasteiger partial charge is 0.377 e. The first-order chi connectivity index (χ1) is 11.7. The molecule has 0 saturated heterocycles. The number of nitrogens with zero attached hydrogens (tertiary/aromatic N) is 4. The van der Waals surface area contributed by atoms with Crippen LogP contribution in [0.15, 0.2) is 42.9 Å². The molecule has 0 aliphatic carbocycles. The number of methoxy groups -OCH3 is 1. The minimum absolute atomic E-state index is 0.0466. The van der Waals surface area contributed by atoms with Gasteiger partial charge in [0.2, 0.25) is 0 Å². The number of rotatable bonds is 3. The second kappa shape index (κ2) is 6.05. The molecule has 122 valence electrons. The summed E-state index contributed by atoms with van der Waals surface area (Å²) in [7, 11) is 1.63. The number of pyridine rings is 1. The number of carbonyl (C=O) groups excluding carboxylic acids is 1. The second-order valence-electron chi connectivity index (χ2n) is 5.93. The van der Waals surface area contributed by atoms with Crippen molar-refractivity contribution in [1.29, 1.82) is 0 Å². The maximum Gasteiger partial charge on any atom is 0.255 e. The zero-order valence-corrected chi connectivity index (χ0v) is 13.5. The molecule has 0 bridgehead atoms. The number of hydrogen-bond acceptors (Lipinski definition) is 4. The van der Waals surface area contributed by atoms with Gasteiger partial charge in [-0.25, -0.2) is 9.97 Å². The van der Waals surface area contributed by atoms with Crippen LogP contribution in [0.3, 0.4) is 0 Å². The highest BCUT2D eigenvalue weighted by atomic mass is 16.5. The van der Waals surface area contributed by atoms with Crippen molar-refractivity contribution in [2.24, 2.45) is 0 Å². The number of hydrogen-bond donors (Lipinski definition) is 0. The fraction of sp³-hybridized carbons (Fsp3) is 0.278. The van der Waals surface area contributed by atoms with Crippen molar-refractivity contribution in [3.05, 3.63) is 65.5 Å². The standard InChI is InChI=1S/C18H18N4O2/c1-24-12-17-19-9-14-11-22(7-5-16(14)20-17)18(23)13-8-15-4-2-3-6-21(15)10-13/h2-4,6,8-10H,5,7,11-12H2,1H3. The summed E-state index contributed by atoms with van der Waals surface area (Å²) in [6.45, 7) is 1.63. The van der Waals surface area contributed by atoms with Gasteiger partial charge in [0.15, 0.2) is 5.82 Å². The van der Waals surface area contributed by atoms with Crippen molar-refractivity contribution in [2.75, 3.05) is 13.7 Å². The second-order valence-corrected chi connectivity index (χ2v) is 5.93. The van der Waals surface area contributed by atoms with Crippen molar-refractivity contribution in [2.45, 2.75) is 19.6 Å². The third-order valence-corrected chi connectivity index (χ3v) is 4.30. The molecular formula is C18H18N4O2. The van der Waals surface area contributed by atoms with Crippen molar-refractivity contribution >= 4 is 11.4 Å². The quantitative estimate of drug-likeness (QED) is 0.741. The minimum atomic E-state index is 0.0466. The summed E-state index contributed by atoms with van der Waals surface area (Å²) in [5.74, 6) is 0.736. The highest BCUT2D eigenvalue weighted by Gasteiger charge is 2.24. The normalized spacial score (nSPS) is 14.0. The SMILES string of the molecule is COCc1ncc2c(n1)CCN(C(=O)c1cc3ccccn3c1)C2. The number of aromatic nitrogens is 3. The average molecular weight is 322 g/mol. The van der Waals surface area contributed by atoms with E-state index < -0.39 is 0 Å². The van der Waals surface area contributed by atoms with Crippen LogP contribution in [0.2, 0.25) is 0 Å². The molecule has 6 nitrogen and oxygen atoms in total. The first-order valence-corrected chi connectivity index (χ1v) is 7.93. The van der Waals surface area contributed by atoms with Gasteiger partial charge in [-0.3, -0.25) is 4.79 Å². The highest BCUT2D eigenvalue weighted by Crippen LogP contribution is 2.20. The predicted molar refractivity (Wildman–Crippen MR) is 88.6 cm³/mol. The van der Waals surface area contributed by atoms with E-state index in [1.807, 2.05) is 52.2 Å². The van der Waals surface area contributed by atoms with Crippen LogP contribution < -0.4 is 0 Å². The Hall–Kier alpha value is -2.73. The Morgan fingerprint density at radius 2 is 2.29 bits per heavy atom. The van der Waals surface area contributed by atoms with Gasteiger partial charge in [0.1, 0.15) is 6.61 Å².